The number of piperidine rings is 1. The van der Waals surface area contributed by atoms with Crippen LogP contribution in [0.25, 0.3) is 0 Å². The van der Waals surface area contributed by atoms with Crippen molar-refractivity contribution < 1.29 is 19.0 Å². The molecule has 0 saturated carbocycles. The average Bonchev–Trinajstić information content (AvgIpc) is 3.00. The summed E-state index contributed by atoms with van der Waals surface area (Å²) in [5.74, 6) is 3.31. The van der Waals surface area contributed by atoms with Gasteiger partial charge in [-0.15, -0.1) is 0 Å². The van der Waals surface area contributed by atoms with E-state index in [-0.39, 0.29) is 0 Å². The van der Waals surface area contributed by atoms with E-state index in [0.717, 1.165) is 35.7 Å². The van der Waals surface area contributed by atoms with E-state index in [1.807, 2.05) is 32.0 Å². The van der Waals surface area contributed by atoms with Crippen molar-refractivity contribution in [2.75, 3.05) is 37.1 Å². The molecule has 0 unspecified atom stereocenters. The quantitative estimate of drug-likeness (QED) is 0.222. The van der Waals surface area contributed by atoms with Gasteiger partial charge in [-0.1, -0.05) is 37.3 Å². The van der Waals surface area contributed by atoms with Crippen LogP contribution in [0.4, 0.5) is 22.0 Å². The summed E-state index contributed by atoms with van der Waals surface area (Å²) in [6.07, 6.45) is 4.02. The van der Waals surface area contributed by atoms with Gasteiger partial charge in [-0.25, -0.2) is 19.7 Å². The second-order valence-corrected chi connectivity index (χ2v) is 10.8. The lowest BCUT2D eigenvalue weighted by Crippen LogP contribution is -2.32. The number of hydrogen-bond acceptors (Lipinski definition) is 7. The Bertz CT molecular complexity index is 1510. The van der Waals surface area contributed by atoms with Gasteiger partial charge in [0.2, 0.25) is 0 Å². The van der Waals surface area contributed by atoms with Gasteiger partial charge in [0.1, 0.15) is 28.9 Å². The first-order chi connectivity index (χ1) is 20.4. The molecule has 0 N–H and O–H groups in total. The number of rotatable bonds is 8. The molecule has 1 amide bonds. The van der Waals surface area contributed by atoms with Gasteiger partial charge >= 0.3 is 6.09 Å². The monoisotopic (exact) mass is 566 g/mol. The van der Waals surface area contributed by atoms with Gasteiger partial charge in [-0.3, -0.25) is 0 Å². The van der Waals surface area contributed by atoms with E-state index >= 15 is 0 Å². The summed E-state index contributed by atoms with van der Waals surface area (Å²) >= 11 is 0. The Morgan fingerprint density at radius 2 is 1.67 bits per heavy atom. The van der Waals surface area contributed by atoms with E-state index in [0.29, 0.717) is 41.0 Å². The molecule has 1 fully saturated rings. The van der Waals surface area contributed by atoms with Crippen LogP contribution < -0.4 is 24.0 Å². The Balaban J connectivity index is 1.45. The second-order valence-electron chi connectivity index (χ2n) is 10.8. The Morgan fingerprint density at radius 3 is 2.33 bits per heavy atom. The molecule has 0 spiro atoms. The minimum Gasteiger partial charge on any atom is -0.497 e. The molecule has 5 rings (SSSR count). The lowest BCUT2D eigenvalue weighted by atomic mass is 9.98. The third kappa shape index (κ3) is 6.48. The van der Waals surface area contributed by atoms with Gasteiger partial charge in [-0.05, 0) is 79.6 Å². The molecule has 0 aliphatic carbocycles. The predicted molar refractivity (Wildman–Crippen MR) is 166 cm³/mol. The molecule has 0 atom stereocenters. The molecule has 4 aromatic rings. The number of aromatic nitrogens is 2. The maximum atomic E-state index is 13.9. The first kappa shape index (κ1) is 28.9. The molecule has 42 heavy (non-hydrogen) atoms. The molecular weight excluding hydrogens is 528 g/mol. The maximum Gasteiger partial charge on any atom is 0.425 e. The van der Waals surface area contributed by atoms with Crippen LogP contribution in [0.5, 0.6) is 17.2 Å². The fourth-order valence-electron chi connectivity index (χ4n) is 5.25. The predicted octanol–water partition coefficient (Wildman–Crippen LogP) is 7.27. The van der Waals surface area contributed by atoms with Crippen molar-refractivity contribution in [3.05, 3.63) is 95.4 Å². The van der Waals surface area contributed by atoms with Gasteiger partial charge in [0.05, 0.1) is 19.9 Å². The normalized spacial score (nSPS) is 13.5. The topological polar surface area (TPSA) is 77.0 Å². The van der Waals surface area contributed by atoms with Crippen molar-refractivity contribution in [1.82, 2.24) is 9.97 Å². The van der Waals surface area contributed by atoms with Crippen molar-refractivity contribution in [1.29, 1.82) is 0 Å². The van der Waals surface area contributed by atoms with Gasteiger partial charge < -0.3 is 19.1 Å². The average molecular weight is 567 g/mol. The van der Waals surface area contributed by atoms with Crippen molar-refractivity contribution >= 4 is 23.3 Å². The number of amides is 1. The molecule has 8 nitrogen and oxygen atoms in total. The van der Waals surface area contributed by atoms with Crippen LogP contribution in [0.1, 0.15) is 42.3 Å². The molecular formula is C34H38N4O4. The molecule has 1 saturated heterocycles. The maximum absolute atomic E-state index is 13.9. The van der Waals surface area contributed by atoms with Crippen LogP contribution in [0.3, 0.4) is 0 Å². The number of benzene rings is 3. The molecule has 8 heteroatoms. The zero-order valence-electron chi connectivity index (χ0n) is 25.0. The first-order valence-electron chi connectivity index (χ1n) is 14.3. The summed E-state index contributed by atoms with van der Waals surface area (Å²) in [6.45, 7) is 8.33. The zero-order chi connectivity index (χ0) is 29.6. The Kier molecular flexibility index (Phi) is 8.91. The van der Waals surface area contributed by atoms with E-state index < -0.39 is 6.09 Å². The third-order valence-electron chi connectivity index (χ3n) is 7.78. The van der Waals surface area contributed by atoms with Crippen molar-refractivity contribution in [2.24, 2.45) is 5.92 Å². The van der Waals surface area contributed by atoms with Gasteiger partial charge in [0.25, 0.3) is 0 Å². The highest BCUT2D eigenvalue weighted by Gasteiger charge is 2.27. The number of hydrogen-bond donors (Lipinski definition) is 0. The summed E-state index contributed by atoms with van der Waals surface area (Å²) < 4.78 is 17.0. The number of ether oxygens (including phenoxy) is 3. The van der Waals surface area contributed by atoms with Crippen LogP contribution in [-0.4, -0.2) is 43.4 Å². The Hall–Kier alpha value is -4.59. The highest BCUT2D eigenvalue weighted by molar-refractivity contribution is 5.98. The van der Waals surface area contributed by atoms with Gasteiger partial charge in [0, 0.05) is 37.5 Å². The largest absolute Gasteiger partial charge is 0.497 e. The molecule has 1 aliphatic rings. The SMILES string of the molecule is COc1ccc(N(C(=O)Oc2c(C)cccc2C)c2ccnc(Cc3ccc(N4CCC(C)CC4)cc3)n2)c(OC)c1. The molecule has 218 valence electrons. The number of anilines is 3. The van der Waals surface area contributed by atoms with Crippen LogP contribution in [0.15, 0.2) is 72.9 Å². The van der Waals surface area contributed by atoms with Crippen LogP contribution in [0, 0.1) is 19.8 Å². The molecule has 0 bridgehead atoms. The van der Waals surface area contributed by atoms with Crippen LogP contribution in [0.2, 0.25) is 0 Å². The molecule has 1 aromatic heterocycles. The highest BCUT2D eigenvalue weighted by atomic mass is 16.6. The van der Waals surface area contributed by atoms with E-state index in [2.05, 4.69) is 41.1 Å². The fraction of sp³-hybridized carbons (Fsp3) is 0.324. The molecule has 3 aromatic carbocycles. The van der Waals surface area contributed by atoms with E-state index in [1.165, 1.54) is 23.4 Å². The van der Waals surface area contributed by atoms with Gasteiger partial charge in [-0.2, -0.15) is 0 Å². The fourth-order valence-corrected chi connectivity index (χ4v) is 5.25. The summed E-state index contributed by atoms with van der Waals surface area (Å²) in [5, 5.41) is 0. The molecule has 0 radical (unpaired) electrons. The van der Waals surface area contributed by atoms with Crippen molar-refractivity contribution in [3.8, 4) is 17.2 Å². The van der Waals surface area contributed by atoms with E-state index in [4.69, 9.17) is 19.2 Å². The van der Waals surface area contributed by atoms with E-state index in [1.54, 1.807) is 44.7 Å². The summed E-state index contributed by atoms with van der Waals surface area (Å²) in [5.41, 5.74) is 4.52. The lowest BCUT2D eigenvalue weighted by Gasteiger charge is -2.32. The standard InChI is InChI=1S/C34H38N4O4/c1-23-16-19-37(20-17-23)27-11-9-26(10-12-27)21-31-35-18-15-32(36-31)38(29-14-13-28(40-4)22-30(29)41-5)34(39)42-33-24(2)7-6-8-25(33)3/h6-15,18,22-23H,16-17,19-21H2,1-5H3. The number of carbonyl (C=O) groups excluding carboxylic acids is 1. The zero-order valence-corrected chi connectivity index (χ0v) is 25.0. The number of nitrogens with zero attached hydrogens (tertiary/aromatic N) is 4. The minimum absolute atomic E-state index is 0.374. The number of aryl methyl sites for hydroxylation is 2. The number of carbonyl (C=O) groups is 1. The molecule has 1 aliphatic heterocycles. The summed E-state index contributed by atoms with van der Waals surface area (Å²) in [6, 6.07) is 21.3. The van der Waals surface area contributed by atoms with Crippen LogP contribution >= 0.6 is 0 Å². The summed E-state index contributed by atoms with van der Waals surface area (Å²) in [4.78, 5) is 27.1. The van der Waals surface area contributed by atoms with E-state index in [9.17, 15) is 4.79 Å². The minimum atomic E-state index is -0.610. The highest BCUT2D eigenvalue weighted by Crippen LogP contribution is 2.37. The van der Waals surface area contributed by atoms with Crippen LogP contribution in [-0.2, 0) is 6.42 Å². The third-order valence-corrected chi connectivity index (χ3v) is 7.78. The summed E-state index contributed by atoms with van der Waals surface area (Å²) in [7, 11) is 3.13. The van der Waals surface area contributed by atoms with Crippen molar-refractivity contribution in [2.45, 2.75) is 40.0 Å². The first-order valence-corrected chi connectivity index (χ1v) is 14.3. The number of methoxy groups -OCH3 is 2. The second kappa shape index (κ2) is 12.9. The number of para-hydroxylation sites is 1. The lowest BCUT2D eigenvalue weighted by molar-refractivity contribution is 0.209. The Morgan fingerprint density at radius 1 is 0.952 bits per heavy atom. The van der Waals surface area contributed by atoms with Gasteiger partial charge in [0.15, 0.2) is 0 Å². The Labute approximate surface area is 247 Å². The van der Waals surface area contributed by atoms with Crippen molar-refractivity contribution in [3.63, 3.8) is 0 Å². The smallest absolute Gasteiger partial charge is 0.425 e. The molecule has 2 heterocycles.